The predicted molar refractivity (Wildman–Crippen MR) is 85.7 cm³/mol. The molecule has 20 heavy (non-hydrogen) atoms. The second-order valence-corrected chi connectivity index (χ2v) is 6.49. The first-order valence-electron chi connectivity index (χ1n) is 6.89. The summed E-state index contributed by atoms with van der Waals surface area (Å²) in [6, 6.07) is 9.25. The lowest BCUT2D eigenvalue weighted by molar-refractivity contribution is 0.321. The van der Waals surface area contributed by atoms with Gasteiger partial charge in [0.2, 0.25) is 0 Å². The molecule has 5 heteroatoms. The highest BCUT2D eigenvalue weighted by Gasteiger charge is 2.25. The molecule has 1 fully saturated rings. The van der Waals surface area contributed by atoms with Gasteiger partial charge in [-0.1, -0.05) is 29.8 Å². The quantitative estimate of drug-likeness (QED) is 0.860. The van der Waals surface area contributed by atoms with Crippen molar-refractivity contribution in [2.75, 3.05) is 13.1 Å². The average molecular weight is 309 g/mol. The Morgan fingerprint density at radius 1 is 1.45 bits per heavy atom. The molecule has 1 aromatic rings. The van der Waals surface area contributed by atoms with E-state index >= 15 is 0 Å². The molecule has 2 aliphatic rings. The van der Waals surface area contributed by atoms with Crippen molar-refractivity contribution in [3.8, 4) is 0 Å². The van der Waals surface area contributed by atoms with Gasteiger partial charge in [-0.15, -0.1) is 11.8 Å². The number of halogens is 1. The van der Waals surface area contributed by atoms with Crippen LogP contribution in [0.3, 0.4) is 0 Å². The molecular weight excluding hydrogens is 290 g/mol. The Morgan fingerprint density at radius 3 is 3.10 bits per heavy atom. The fraction of sp³-hybridized carbons (Fsp3) is 0.400. The maximum absolute atomic E-state index is 6.05. The summed E-state index contributed by atoms with van der Waals surface area (Å²) in [6.07, 6.45) is 1.17. The molecule has 1 aromatic carbocycles. The molecule has 3 nitrogen and oxygen atoms in total. The average Bonchev–Trinajstić information content (AvgIpc) is 3.01. The van der Waals surface area contributed by atoms with E-state index in [2.05, 4.69) is 46.8 Å². The maximum atomic E-state index is 6.05. The van der Waals surface area contributed by atoms with Gasteiger partial charge in [-0.05, 0) is 18.9 Å². The van der Waals surface area contributed by atoms with Crippen LogP contribution < -0.4 is 5.32 Å². The summed E-state index contributed by atoms with van der Waals surface area (Å²) in [5.74, 6) is 2.89. The smallest absolute Gasteiger partial charge is 0.128 e. The van der Waals surface area contributed by atoms with Crippen molar-refractivity contribution in [2.45, 2.75) is 25.9 Å². The summed E-state index contributed by atoms with van der Waals surface area (Å²) < 4.78 is 1.63. The van der Waals surface area contributed by atoms with Crippen LogP contribution in [0.15, 0.2) is 35.5 Å². The van der Waals surface area contributed by atoms with E-state index in [9.17, 15) is 0 Å². The Hall–Kier alpha value is -0.840. The molecule has 1 atom stereocenters. The Balaban J connectivity index is 1.52. The predicted octanol–water partition coefficient (Wildman–Crippen LogP) is 3.28. The lowest BCUT2D eigenvalue weighted by Crippen LogP contribution is -2.34. The van der Waals surface area contributed by atoms with Crippen molar-refractivity contribution >= 4 is 23.5 Å². The van der Waals surface area contributed by atoms with Crippen molar-refractivity contribution in [3.63, 3.8) is 0 Å². The van der Waals surface area contributed by atoms with Crippen LogP contribution in [0.1, 0.15) is 17.5 Å². The van der Waals surface area contributed by atoms with E-state index in [0.717, 1.165) is 25.5 Å². The summed E-state index contributed by atoms with van der Waals surface area (Å²) in [5.41, 5.74) is 2.73. The highest BCUT2D eigenvalue weighted by molar-refractivity contribution is 8.04. The van der Waals surface area contributed by atoms with E-state index in [0.29, 0.717) is 6.04 Å². The molecule has 0 bridgehead atoms. The number of thioether (sulfide) groups is 1. The number of hydrogen-bond donors (Lipinski definition) is 1. The first-order chi connectivity index (χ1) is 9.70. The van der Waals surface area contributed by atoms with E-state index in [1.54, 1.807) is 16.2 Å². The largest absolute Gasteiger partial charge is 0.366 e. The highest BCUT2D eigenvalue weighted by Crippen LogP contribution is 2.28. The van der Waals surface area contributed by atoms with Gasteiger partial charge >= 0.3 is 0 Å². The molecule has 0 spiro atoms. The molecule has 1 saturated heterocycles. The van der Waals surface area contributed by atoms with Gasteiger partial charge in [0.1, 0.15) is 11.7 Å². The van der Waals surface area contributed by atoms with Crippen LogP contribution in [0.2, 0.25) is 0 Å². The van der Waals surface area contributed by atoms with Crippen LogP contribution in [0, 0.1) is 12.8 Å². The van der Waals surface area contributed by atoms with Gasteiger partial charge in [0.15, 0.2) is 0 Å². The second-order valence-electron chi connectivity index (χ2n) is 5.41. The fourth-order valence-electron chi connectivity index (χ4n) is 2.72. The molecule has 1 unspecified atom stereocenters. The molecule has 0 aromatic heterocycles. The zero-order valence-corrected chi connectivity index (χ0v) is 13.1. The normalized spacial score (nSPS) is 23.2. The number of benzene rings is 1. The van der Waals surface area contributed by atoms with Crippen LogP contribution >= 0.6 is 23.5 Å². The number of hydrogen-bond acceptors (Lipinski definition) is 4. The summed E-state index contributed by atoms with van der Waals surface area (Å²) in [6.45, 7) is 5.39. The highest BCUT2D eigenvalue weighted by atomic mass is 35.5. The van der Waals surface area contributed by atoms with Crippen molar-refractivity contribution in [3.05, 3.63) is 52.5 Å². The van der Waals surface area contributed by atoms with E-state index in [-0.39, 0.29) is 0 Å². The van der Waals surface area contributed by atoms with Crippen LogP contribution in [0.4, 0.5) is 0 Å². The lowest BCUT2D eigenvalue weighted by Gasteiger charge is -2.20. The van der Waals surface area contributed by atoms with E-state index in [1.165, 1.54) is 17.5 Å². The SMILES string of the molecule is Cc1cccc(CN2CCC(NC3=CS[CH]N3Cl)C2)c1. The van der Waals surface area contributed by atoms with Crippen LogP contribution in [-0.4, -0.2) is 28.5 Å². The van der Waals surface area contributed by atoms with Gasteiger partial charge in [-0.2, -0.15) is 0 Å². The zero-order valence-electron chi connectivity index (χ0n) is 11.6. The summed E-state index contributed by atoms with van der Waals surface area (Å²) >= 11 is 7.66. The molecule has 0 amide bonds. The topological polar surface area (TPSA) is 18.5 Å². The van der Waals surface area contributed by atoms with E-state index < -0.39 is 0 Å². The van der Waals surface area contributed by atoms with Crippen molar-refractivity contribution in [2.24, 2.45) is 0 Å². The maximum Gasteiger partial charge on any atom is 0.128 e. The minimum atomic E-state index is 0.486. The number of nitrogens with zero attached hydrogens (tertiary/aromatic N) is 2. The second kappa shape index (κ2) is 6.29. The zero-order chi connectivity index (χ0) is 13.9. The molecule has 1 radical (unpaired) electrons. The number of likely N-dealkylation sites (tertiary alicyclic amines) is 1. The Kier molecular flexibility index (Phi) is 4.44. The standard InChI is InChI=1S/C15H19ClN3S/c1-12-3-2-4-13(7-12)8-18-6-5-14(9-18)17-15-10-20-11-19(15)16/h2-4,7,10-11,14,17H,5-6,8-9H2,1H3. The van der Waals surface area contributed by atoms with Gasteiger partial charge in [0.25, 0.3) is 0 Å². The molecule has 0 aliphatic carbocycles. The Morgan fingerprint density at radius 2 is 2.35 bits per heavy atom. The van der Waals surface area contributed by atoms with Crippen molar-refractivity contribution in [1.82, 2.24) is 14.6 Å². The Labute approximate surface area is 130 Å². The fourth-order valence-corrected chi connectivity index (χ4v) is 3.61. The van der Waals surface area contributed by atoms with Crippen molar-refractivity contribution < 1.29 is 0 Å². The van der Waals surface area contributed by atoms with Gasteiger partial charge < -0.3 is 5.32 Å². The number of nitrogens with one attached hydrogen (secondary N) is 1. The minimum absolute atomic E-state index is 0.486. The molecule has 0 saturated carbocycles. The van der Waals surface area contributed by atoms with Crippen molar-refractivity contribution in [1.29, 1.82) is 0 Å². The first kappa shape index (κ1) is 14.1. The summed E-state index contributed by atoms with van der Waals surface area (Å²) in [5, 5.41) is 5.57. The number of rotatable bonds is 4. The molecule has 2 heterocycles. The third kappa shape index (κ3) is 3.43. The molecule has 1 N–H and O–H groups in total. The lowest BCUT2D eigenvalue weighted by atomic mass is 10.1. The molecule has 107 valence electrons. The summed E-state index contributed by atoms with van der Waals surface area (Å²) in [7, 11) is 0. The van der Waals surface area contributed by atoms with Gasteiger partial charge in [0, 0.05) is 42.9 Å². The molecule has 2 aliphatic heterocycles. The van der Waals surface area contributed by atoms with E-state index in [1.807, 2.05) is 5.88 Å². The van der Waals surface area contributed by atoms with Gasteiger partial charge in [-0.25, -0.2) is 0 Å². The monoisotopic (exact) mass is 308 g/mol. The van der Waals surface area contributed by atoms with Crippen LogP contribution in [0.25, 0.3) is 0 Å². The minimum Gasteiger partial charge on any atom is -0.366 e. The molecule has 3 rings (SSSR count). The Bertz CT molecular complexity index is 506. The van der Waals surface area contributed by atoms with Gasteiger partial charge in [-0.3, -0.25) is 9.32 Å². The summed E-state index contributed by atoms with van der Waals surface area (Å²) in [4.78, 5) is 2.50. The third-order valence-corrected chi connectivity index (χ3v) is 4.76. The van der Waals surface area contributed by atoms with Crippen LogP contribution in [-0.2, 0) is 6.54 Å². The van der Waals surface area contributed by atoms with E-state index in [4.69, 9.17) is 11.8 Å². The first-order valence-corrected chi connectivity index (χ1v) is 8.17. The third-order valence-electron chi connectivity index (χ3n) is 3.68. The van der Waals surface area contributed by atoms with Crippen LogP contribution in [0.5, 0.6) is 0 Å². The van der Waals surface area contributed by atoms with Gasteiger partial charge in [0.05, 0.1) is 0 Å². The number of aryl methyl sites for hydroxylation is 1. The molecular formula is C15H19ClN3S.